The number of ether oxygens (including phenoxy) is 1. The van der Waals surface area contributed by atoms with E-state index >= 15 is 0 Å². The molecule has 0 spiro atoms. The van der Waals surface area contributed by atoms with Crippen molar-refractivity contribution in [1.82, 2.24) is 0 Å². The van der Waals surface area contributed by atoms with E-state index < -0.39 is 23.8 Å². The van der Waals surface area contributed by atoms with Crippen LogP contribution in [0.1, 0.15) is 13.3 Å². The van der Waals surface area contributed by atoms with E-state index in [2.05, 4.69) is 0 Å². The van der Waals surface area contributed by atoms with Gasteiger partial charge in [-0.3, -0.25) is 0 Å². The highest BCUT2D eigenvalue weighted by atomic mass is 16.5. The predicted molar refractivity (Wildman–Crippen MR) is 45.2 cm³/mol. The quantitative estimate of drug-likeness (QED) is 0.424. The van der Waals surface area contributed by atoms with Gasteiger partial charge in [-0.15, -0.1) is 0 Å². The van der Waals surface area contributed by atoms with Gasteiger partial charge in [-0.2, -0.15) is 0 Å². The Balaban J connectivity index is 2.51. The van der Waals surface area contributed by atoms with Gasteiger partial charge in [0.1, 0.15) is 17.8 Å². The van der Waals surface area contributed by atoms with Crippen molar-refractivity contribution in [3.05, 3.63) is 11.1 Å². The highest BCUT2D eigenvalue weighted by molar-refractivity contribution is 5.93. The number of cyclic esters (lactones) is 1. The molecule has 1 fully saturated rings. The number of esters is 1. The first-order valence-corrected chi connectivity index (χ1v) is 4.45. The molecule has 1 aliphatic carbocycles. The van der Waals surface area contributed by atoms with Gasteiger partial charge in [-0.05, 0) is 12.5 Å². The number of carbonyl (C=O) groups excluding carboxylic acids is 1. The second-order valence-corrected chi connectivity index (χ2v) is 3.76. The van der Waals surface area contributed by atoms with Crippen LogP contribution in [0.25, 0.3) is 0 Å². The Hall–Kier alpha value is -0.910. The normalized spacial score (nSPS) is 42.4. The van der Waals surface area contributed by atoms with Gasteiger partial charge in [0.25, 0.3) is 0 Å². The number of carbonyl (C=O) groups is 1. The highest BCUT2D eigenvalue weighted by Crippen LogP contribution is 2.41. The molecular formula is C9H12O5. The standard InChI is InChI=1S/C9H12O5/c1-4-5-8(12)14-3-2-9(5,13)7(11)6(4)10/h6-7,10-11,13H,2-3H2,1H3/t6-,7-,9+/m1/s1. The minimum absolute atomic E-state index is 0.0174. The summed E-state index contributed by atoms with van der Waals surface area (Å²) in [6.07, 6.45) is -2.38. The molecule has 0 bridgehead atoms. The molecule has 0 aromatic heterocycles. The van der Waals surface area contributed by atoms with E-state index in [0.717, 1.165) is 0 Å². The summed E-state index contributed by atoms with van der Waals surface area (Å²) >= 11 is 0. The Morgan fingerprint density at radius 1 is 1.50 bits per heavy atom. The molecule has 5 heteroatoms. The van der Waals surface area contributed by atoms with Gasteiger partial charge < -0.3 is 20.1 Å². The molecule has 3 N–H and O–H groups in total. The summed E-state index contributed by atoms with van der Waals surface area (Å²) in [5.74, 6) is -0.646. The molecule has 2 aliphatic rings. The first-order chi connectivity index (χ1) is 6.48. The summed E-state index contributed by atoms with van der Waals surface area (Å²) in [6.45, 7) is 1.57. The first kappa shape index (κ1) is 9.64. The third-order valence-electron chi connectivity index (χ3n) is 2.98. The van der Waals surface area contributed by atoms with Crippen LogP contribution in [0, 0.1) is 0 Å². The lowest BCUT2D eigenvalue weighted by molar-refractivity contribution is -0.156. The maximum absolute atomic E-state index is 11.3. The minimum Gasteiger partial charge on any atom is -0.462 e. The lowest BCUT2D eigenvalue weighted by Gasteiger charge is -2.33. The molecule has 0 amide bonds. The number of aliphatic hydroxyl groups is 3. The molecule has 0 aromatic rings. The van der Waals surface area contributed by atoms with Gasteiger partial charge >= 0.3 is 5.97 Å². The Kier molecular flexibility index (Phi) is 1.92. The summed E-state index contributed by atoms with van der Waals surface area (Å²) in [4.78, 5) is 11.3. The third kappa shape index (κ3) is 0.972. The van der Waals surface area contributed by atoms with Gasteiger partial charge in [-0.1, -0.05) is 0 Å². The van der Waals surface area contributed by atoms with Crippen LogP contribution in [0.15, 0.2) is 11.1 Å². The van der Waals surface area contributed by atoms with E-state index in [-0.39, 0.29) is 18.6 Å². The number of hydrogen-bond donors (Lipinski definition) is 3. The van der Waals surface area contributed by atoms with E-state index in [1.165, 1.54) is 6.92 Å². The van der Waals surface area contributed by atoms with Crippen molar-refractivity contribution in [2.24, 2.45) is 0 Å². The number of fused-ring (bicyclic) bond motifs is 1. The SMILES string of the molecule is CC1=C2C(=O)OCC[C@@]2(O)[C@H](O)[C@@H]1O. The van der Waals surface area contributed by atoms with Crippen molar-refractivity contribution in [3.63, 3.8) is 0 Å². The van der Waals surface area contributed by atoms with E-state index in [1.54, 1.807) is 0 Å². The summed E-state index contributed by atoms with van der Waals surface area (Å²) in [6, 6.07) is 0. The predicted octanol–water partition coefficient (Wildman–Crippen LogP) is -1.28. The Morgan fingerprint density at radius 2 is 2.14 bits per heavy atom. The zero-order valence-electron chi connectivity index (χ0n) is 7.73. The van der Waals surface area contributed by atoms with Crippen molar-refractivity contribution < 1.29 is 24.9 Å². The van der Waals surface area contributed by atoms with Gasteiger partial charge in [0, 0.05) is 6.42 Å². The molecule has 14 heavy (non-hydrogen) atoms. The van der Waals surface area contributed by atoms with Crippen LogP contribution in [0.2, 0.25) is 0 Å². The average Bonchev–Trinajstić information content (AvgIpc) is 2.29. The Labute approximate surface area is 80.6 Å². The maximum atomic E-state index is 11.3. The largest absolute Gasteiger partial charge is 0.462 e. The molecule has 1 aliphatic heterocycles. The monoisotopic (exact) mass is 200 g/mol. The zero-order valence-corrected chi connectivity index (χ0v) is 7.73. The lowest BCUT2D eigenvalue weighted by atomic mass is 9.88. The average molecular weight is 200 g/mol. The molecule has 78 valence electrons. The van der Waals surface area contributed by atoms with Crippen LogP contribution < -0.4 is 0 Å². The van der Waals surface area contributed by atoms with Crippen molar-refractivity contribution in [1.29, 1.82) is 0 Å². The third-order valence-corrected chi connectivity index (χ3v) is 2.98. The molecule has 0 unspecified atom stereocenters. The molecule has 0 radical (unpaired) electrons. The molecule has 5 nitrogen and oxygen atoms in total. The summed E-state index contributed by atoms with van der Waals surface area (Å²) in [5, 5.41) is 29.1. The smallest absolute Gasteiger partial charge is 0.337 e. The fraction of sp³-hybridized carbons (Fsp3) is 0.667. The number of hydrogen-bond acceptors (Lipinski definition) is 5. The van der Waals surface area contributed by atoms with Gasteiger partial charge in [0.2, 0.25) is 0 Å². The van der Waals surface area contributed by atoms with E-state index in [0.29, 0.717) is 5.57 Å². The van der Waals surface area contributed by atoms with E-state index in [9.17, 15) is 20.1 Å². The van der Waals surface area contributed by atoms with Crippen molar-refractivity contribution >= 4 is 5.97 Å². The van der Waals surface area contributed by atoms with Crippen molar-refractivity contribution in [2.45, 2.75) is 31.2 Å². The highest BCUT2D eigenvalue weighted by Gasteiger charge is 2.55. The van der Waals surface area contributed by atoms with Crippen molar-refractivity contribution in [2.75, 3.05) is 6.61 Å². The molecule has 3 atom stereocenters. The van der Waals surface area contributed by atoms with Crippen LogP contribution in [0.4, 0.5) is 0 Å². The Bertz CT molecular complexity index is 321. The molecular weight excluding hydrogens is 188 g/mol. The van der Waals surface area contributed by atoms with Gasteiger partial charge in [0.15, 0.2) is 0 Å². The van der Waals surface area contributed by atoms with E-state index in [4.69, 9.17) is 4.74 Å². The second kappa shape index (κ2) is 2.79. The maximum Gasteiger partial charge on any atom is 0.337 e. The molecule has 0 saturated carbocycles. The van der Waals surface area contributed by atoms with E-state index in [1.807, 2.05) is 0 Å². The summed E-state index contributed by atoms with van der Waals surface area (Å²) in [7, 11) is 0. The zero-order chi connectivity index (χ0) is 10.5. The van der Waals surface area contributed by atoms with Crippen LogP contribution in [-0.4, -0.2) is 45.7 Å². The molecule has 1 heterocycles. The second-order valence-electron chi connectivity index (χ2n) is 3.76. The van der Waals surface area contributed by atoms with Gasteiger partial charge in [0.05, 0.1) is 12.2 Å². The fourth-order valence-corrected chi connectivity index (χ4v) is 2.12. The molecule has 1 saturated heterocycles. The first-order valence-electron chi connectivity index (χ1n) is 4.45. The summed E-state index contributed by atoms with van der Waals surface area (Å²) in [5.41, 5.74) is -1.31. The molecule has 2 rings (SSSR count). The van der Waals surface area contributed by atoms with Crippen LogP contribution in [-0.2, 0) is 9.53 Å². The number of rotatable bonds is 0. The fourth-order valence-electron chi connectivity index (χ4n) is 2.12. The van der Waals surface area contributed by atoms with Gasteiger partial charge in [-0.25, -0.2) is 4.79 Å². The lowest BCUT2D eigenvalue weighted by Crippen LogP contribution is -2.49. The minimum atomic E-state index is -1.63. The Morgan fingerprint density at radius 3 is 2.71 bits per heavy atom. The topological polar surface area (TPSA) is 87.0 Å². The molecule has 0 aromatic carbocycles. The van der Waals surface area contributed by atoms with Crippen LogP contribution in [0.3, 0.4) is 0 Å². The van der Waals surface area contributed by atoms with Crippen molar-refractivity contribution in [3.8, 4) is 0 Å². The number of aliphatic hydroxyl groups excluding tert-OH is 2. The summed E-state index contributed by atoms with van der Waals surface area (Å²) < 4.78 is 4.75. The van der Waals surface area contributed by atoms with Crippen LogP contribution in [0.5, 0.6) is 0 Å². The van der Waals surface area contributed by atoms with Crippen LogP contribution >= 0.6 is 0 Å².